The first-order chi connectivity index (χ1) is 9.62. The van der Waals surface area contributed by atoms with Gasteiger partial charge in [-0.15, -0.1) is 0 Å². The van der Waals surface area contributed by atoms with Crippen molar-refractivity contribution in [2.45, 2.75) is 39.3 Å². The Morgan fingerprint density at radius 3 is 2.43 bits per heavy atom. The van der Waals surface area contributed by atoms with E-state index in [2.05, 4.69) is 21.0 Å². The first-order valence-electron chi connectivity index (χ1n) is 6.34. The van der Waals surface area contributed by atoms with Crippen LogP contribution in [0.1, 0.15) is 27.7 Å². The predicted molar refractivity (Wildman–Crippen MR) is 79.7 cm³/mol. The van der Waals surface area contributed by atoms with Gasteiger partial charge in [0.25, 0.3) is 5.69 Å². The van der Waals surface area contributed by atoms with Crippen LogP contribution in [0.5, 0.6) is 0 Å². The number of hydrazine groups is 1. The van der Waals surface area contributed by atoms with Crippen LogP contribution >= 0.6 is 0 Å². The third-order valence-electron chi connectivity index (χ3n) is 2.42. The van der Waals surface area contributed by atoms with Gasteiger partial charge in [0.2, 0.25) is 5.91 Å². The molecule has 1 rings (SSSR count). The van der Waals surface area contributed by atoms with Gasteiger partial charge in [-0.05, 0) is 27.7 Å². The molecule has 1 atom stereocenters. The summed E-state index contributed by atoms with van der Waals surface area (Å²) < 4.78 is 0. The number of hydrogen-bond acceptors (Lipinski definition) is 7. The molecule has 5 N–H and O–H groups in total. The van der Waals surface area contributed by atoms with Gasteiger partial charge in [-0.1, -0.05) is 0 Å². The molecular weight excluding hydrogens is 276 g/mol. The normalized spacial score (nSPS) is 12.4. The van der Waals surface area contributed by atoms with Crippen molar-refractivity contribution in [1.82, 2.24) is 10.3 Å². The van der Waals surface area contributed by atoms with E-state index in [4.69, 9.17) is 5.84 Å². The van der Waals surface area contributed by atoms with Crippen LogP contribution in [-0.2, 0) is 4.79 Å². The highest BCUT2D eigenvalue weighted by Gasteiger charge is 2.20. The molecule has 0 saturated carbocycles. The number of nitro groups is 1. The van der Waals surface area contributed by atoms with Crippen molar-refractivity contribution in [2.75, 3.05) is 10.7 Å². The van der Waals surface area contributed by atoms with Gasteiger partial charge >= 0.3 is 0 Å². The molecule has 9 nitrogen and oxygen atoms in total. The predicted octanol–water partition coefficient (Wildman–Crippen LogP) is 0.990. The molecule has 1 aromatic heterocycles. The molecule has 21 heavy (non-hydrogen) atoms. The Balaban J connectivity index is 2.89. The van der Waals surface area contributed by atoms with E-state index < -0.39 is 11.0 Å². The number of amides is 1. The van der Waals surface area contributed by atoms with Crippen LogP contribution < -0.4 is 21.9 Å². The molecular formula is C12H20N6O3. The number of aromatic nitrogens is 1. The largest absolute Gasteiger partial charge is 0.358 e. The van der Waals surface area contributed by atoms with Crippen LogP contribution in [-0.4, -0.2) is 27.4 Å². The van der Waals surface area contributed by atoms with E-state index in [1.807, 2.05) is 20.8 Å². The highest BCUT2D eigenvalue weighted by atomic mass is 16.6. The van der Waals surface area contributed by atoms with E-state index >= 15 is 0 Å². The third-order valence-corrected chi connectivity index (χ3v) is 2.42. The second-order valence-corrected chi connectivity index (χ2v) is 5.60. The lowest BCUT2D eigenvalue weighted by molar-refractivity contribution is -0.384. The fraction of sp³-hybridized carbons (Fsp3) is 0.500. The lowest BCUT2D eigenvalue weighted by atomic mass is 10.1. The van der Waals surface area contributed by atoms with Gasteiger partial charge in [-0.25, -0.2) is 10.8 Å². The zero-order valence-corrected chi connectivity index (χ0v) is 12.4. The molecule has 1 aromatic rings. The smallest absolute Gasteiger partial charge is 0.276 e. The number of nitrogens with zero attached hydrogens (tertiary/aromatic N) is 2. The summed E-state index contributed by atoms with van der Waals surface area (Å²) in [6.45, 7) is 7.22. The van der Waals surface area contributed by atoms with Crippen molar-refractivity contribution in [1.29, 1.82) is 0 Å². The molecule has 0 aliphatic carbocycles. The van der Waals surface area contributed by atoms with E-state index in [1.54, 1.807) is 6.92 Å². The molecule has 0 radical (unpaired) electrons. The first-order valence-corrected chi connectivity index (χ1v) is 6.34. The summed E-state index contributed by atoms with van der Waals surface area (Å²) in [7, 11) is 0. The fourth-order valence-electron chi connectivity index (χ4n) is 1.53. The van der Waals surface area contributed by atoms with Gasteiger partial charge in [0.1, 0.15) is 17.7 Å². The zero-order valence-electron chi connectivity index (χ0n) is 12.4. The minimum Gasteiger partial charge on any atom is -0.358 e. The van der Waals surface area contributed by atoms with Crippen molar-refractivity contribution < 1.29 is 9.72 Å². The van der Waals surface area contributed by atoms with Gasteiger partial charge < -0.3 is 16.1 Å². The van der Waals surface area contributed by atoms with Crippen LogP contribution in [0.3, 0.4) is 0 Å². The maximum atomic E-state index is 12.0. The van der Waals surface area contributed by atoms with Crippen molar-refractivity contribution in [3.8, 4) is 0 Å². The number of pyridine rings is 1. The minimum absolute atomic E-state index is 0.134. The Bertz CT molecular complexity index is 540. The number of nitrogen functional groups attached to an aromatic ring is 1. The SMILES string of the molecule is CC(Nc1cc([N+](=O)[O-])cc(NN)n1)C(=O)NC(C)(C)C. The summed E-state index contributed by atoms with van der Waals surface area (Å²) in [5.41, 5.74) is 1.70. The molecule has 0 aliphatic heterocycles. The van der Waals surface area contributed by atoms with Gasteiger partial charge in [0, 0.05) is 5.54 Å². The van der Waals surface area contributed by atoms with E-state index in [1.165, 1.54) is 12.1 Å². The topological polar surface area (TPSA) is 135 Å². The fourth-order valence-corrected chi connectivity index (χ4v) is 1.53. The van der Waals surface area contributed by atoms with E-state index in [0.717, 1.165) is 0 Å². The zero-order chi connectivity index (χ0) is 16.2. The number of rotatable bonds is 5. The summed E-state index contributed by atoms with van der Waals surface area (Å²) in [5.74, 6) is 5.30. The molecule has 1 unspecified atom stereocenters. The summed E-state index contributed by atoms with van der Waals surface area (Å²) in [4.78, 5) is 26.3. The van der Waals surface area contributed by atoms with Gasteiger partial charge in [0.15, 0.2) is 0 Å². The average Bonchev–Trinajstić information content (AvgIpc) is 2.36. The second kappa shape index (κ2) is 6.35. The monoisotopic (exact) mass is 296 g/mol. The second-order valence-electron chi connectivity index (χ2n) is 5.60. The molecule has 9 heteroatoms. The Kier molecular flexibility index (Phi) is 5.03. The summed E-state index contributed by atoms with van der Waals surface area (Å²) in [5, 5.41) is 16.4. The molecule has 0 saturated heterocycles. The quantitative estimate of drug-likeness (QED) is 0.361. The molecule has 1 heterocycles. The van der Waals surface area contributed by atoms with E-state index in [9.17, 15) is 14.9 Å². The van der Waals surface area contributed by atoms with Crippen LogP contribution in [0.15, 0.2) is 12.1 Å². The highest BCUT2D eigenvalue weighted by molar-refractivity contribution is 5.84. The molecule has 0 aliphatic rings. The van der Waals surface area contributed by atoms with Crippen LogP contribution in [0.4, 0.5) is 17.3 Å². The minimum atomic E-state index is -0.607. The summed E-state index contributed by atoms with van der Waals surface area (Å²) in [6.07, 6.45) is 0. The molecule has 1 amide bonds. The molecule has 0 fully saturated rings. The Morgan fingerprint density at radius 2 is 1.95 bits per heavy atom. The maximum Gasteiger partial charge on any atom is 0.276 e. The van der Waals surface area contributed by atoms with Gasteiger partial charge in [-0.2, -0.15) is 0 Å². The van der Waals surface area contributed by atoms with Crippen LogP contribution in [0.2, 0.25) is 0 Å². The van der Waals surface area contributed by atoms with Crippen molar-refractivity contribution >= 4 is 23.2 Å². The van der Waals surface area contributed by atoms with E-state index in [-0.39, 0.29) is 28.8 Å². The van der Waals surface area contributed by atoms with Crippen LogP contribution in [0.25, 0.3) is 0 Å². The standard InChI is InChI=1S/C12H20N6O3/c1-7(11(19)16-12(2,3)4)14-9-5-8(18(20)21)6-10(15-9)17-13/h5-7H,13H2,1-4H3,(H,16,19)(H2,14,15,17). The Labute approximate surface area is 122 Å². The lowest BCUT2D eigenvalue weighted by Gasteiger charge is -2.23. The van der Waals surface area contributed by atoms with Gasteiger partial charge in [0.05, 0.1) is 17.1 Å². The third kappa shape index (κ3) is 5.22. The number of nitrogens with one attached hydrogen (secondary N) is 3. The number of nitrogens with two attached hydrogens (primary N) is 1. The number of anilines is 2. The lowest BCUT2D eigenvalue weighted by Crippen LogP contribution is -2.47. The van der Waals surface area contributed by atoms with Gasteiger partial charge in [-0.3, -0.25) is 14.9 Å². The average molecular weight is 296 g/mol. The Morgan fingerprint density at radius 1 is 1.38 bits per heavy atom. The summed E-state index contributed by atoms with van der Waals surface area (Å²) >= 11 is 0. The van der Waals surface area contributed by atoms with Crippen molar-refractivity contribution in [2.24, 2.45) is 5.84 Å². The molecule has 116 valence electrons. The van der Waals surface area contributed by atoms with Crippen molar-refractivity contribution in [3.63, 3.8) is 0 Å². The van der Waals surface area contributed by atoms with Crippen molar-refractivity contribution in [3.05, 3.63) is 22.2 Å². The molecule has 0 bridgehead atoms. The molecule has 0 spiro atoms. The molecule has 0 aromatic carbocycles. The number of hydrogen-bond donors (Lipinski definition) is 4. The highest BCUT2D eigenvalue weighted by Crippen LogP contribution is 2.20. The number of carbonyl (C=O) groups is 1. The van der Waals surface area contributed by atoms with E-state index in [0.29, 0.717) is 0 Å². The first kappa shape index (κ1) is 16.6. The summed E-state index contributed by atoms with van der Waals surface area (Å²) in [6, 6.07) is 1.83. The van der Waals surface area contributed by atoms with Crippen LogP contribution in [0, 0.1) is 10.1 Å². The number of carbonyl (C=O) groups excluding carboxylic acids is 1. The Hall–Kier alpha value is -2.42. The maximum absolute atomic E-state index is 12.0.